The second-order valence-corrected chi connectivity index (χ2v) is 8.10. The molecule has 0 atom stereocenters. The molecule has 4 heterocycles. The molecule has 9 heteroatoms. The topological polar surface area (TPSA) is 41.9 Å². The van der Waals surface area contributed by atoms with Gasteiger partial charge in [0.2, 0.25) is 0 Å². The van der Waals surface area contributed by atoms with Crippen LogP contribution in [-0.2, 0) is 19.3 Å². The summed E-state index contributed by atoms with van der Waals surface area (Å²) < 4.78 is 67.1. The lowest BCUT2D eigenvalue weighted by molar-refractivity contribution is -0.141. The van der Waals surface area contributed by atoms with E-state index in [-0.39, 0.29) is 17.1 Å². The summed E-state index contributed by atoms with van der Waals surface area (Å²) in [5.74, 6) is -1.05. The van der Waals surface area contributed by atoms with Gasteiger partial charge in [-0.1, -0.05) is 12.1 Å². The van der Waals surface area contributed by atoms with Crippen LogP contribution in [0, 0.1) is 11.6 Å². The molecule has 0 saturated heterocycles. The number of pyridine rings is 3. The quantitative estimate of drug-likeness (QED) is 0.313. The van der Waals surface area contributed by atoms with Gasteiger partial charge in [-0.3, -0.25) is 15.0 Å². The summed E-state index contributed by atoms with van der Waals surface area (Å²) in [6.45, 7) is 0.862. The van der Waals surface area contributed by atoms with Crippen molar-refractivity contribution in [3.63, 3.8) is 0 Å². The van der Waals surface area contributed by atoms with Gasteiger partial charge in [0.05, 0.1) is 5.69 Å². The minimum Gasteiger partial charge on any atom is -0.369 e. The molecule has 4 aromatic rings. The maximum atomic E-state index is 14.8. The van der Waals surface area contributed by atoms with Crippen molar-refractivity contribution in [2.45, 2.75) is 19.3 Å². The van der Waals surface area contributed by atoms with Crippen LogP contribution in [0.15, 0.2) is 73.3 Å². The molecule has 0 bridgehead atoms. The third-order valence-electron chi connectivity index (χ3n) is 5.59. The molecular weight excluding hydrogens is 463 g/mol. The van der Waals surface area contributed by atoms with Crippen LogP contribution in [0.4, 0.5) is 22.0 Å². The summed E-state index contributed by atoms with van der Waals surface area (Å²) in [7, 11) is 0. The van der Waals surface area contributed by atoms with Crippen LogP contribution in [0.25, 0.3) is 28.6 Å². The lowest BCUT2D eigenvalue weighted by Gasteiger charge is -2.25. The van der Waals surface area contributed by atoms with Crippen LogP contribution < -0.4 is 0 Å². The highest BCUT2D eigenvalue weighted by Gasteiger charge is 2.32. The van der Waals surface area contributed by atoms with Crippen molar-refractivity contribution in [3.05, 3.63) is 107 Å². The van der Waals surface area contributed by atoms with Crippen LogP contribution in [0.5, 0.6) is 0 Å². The summed E-state index contributed by atoms with van der Waals surface area (Å²) in [4.78, 5) is 13.7. The number of aromatic nitrogens is 3. The number of benzene rings is 1. The Balaban J connectivity index is 1.32. The molecule has 35 heavy (non-hydrogen) atoms. The molecule has 0 fully saturated rings. The standard InChI is InChI=1S/C26H17F5N4/c27-21-3-1-2-18(9-21)23-10-17-5-7-35(15-20(17)13-33-23)14-16-8-22(28)25(34-12-16)19-4-6-32-24(11-19)26(29,30)31/h1-13H,14-15H2. The highest BCUT2D eigenvalue weighted by molar-refractivity contribution is 5.66. The summed E-state index contributed by atoms with van der Waals surface area (Å²) in [6, 6.07) is 11.4. The first-order valence-electron chi connectivity index (χ1n) is 10.6. The number of rotatable bonds is 4. The molecule has 176 valence electrons. The molecule has 1 aliphatic heterocycles. The summed E-state index contributed by atoms with van der Waals surface area (Å²) in [5, 5.41) is 0. The molecule has 0 saturated carbocycles. The largest absolute Gasteiger partial charge is 0.433 e. The van der Waals surface area contributed by atoms with Crippen molar-refractivity contribution in [1.29, 1.82) is 0 Å². The Morgan fingerprint density at radius 2 is 1.74 bits per heavy atom. The Hall–Kier alpha value is -4.14. The van der Waals surface area contributed by atoms with E-state index in [4.69, 9.17) is 0 Å². The zero-order valence-electron chi connectivity index (χ0n) is 18.1. The monoisotopic (exact) mass is 480 g/mol. The zero-order chi connectivity index (χ0) is 24.6. The van der Waals surface area contributed by atoms with Crippen molar-refractivity contribution < 1.29 is 22.0 Å². The molecular formula is C26H17F5N4. The fraction of sp³-hybridized carbons (Fsp3) is 0.115. The Labute approximate surface area is 197 Å². The molecule has 1 aromatic carbocycles. The SMILES string of the molecule is Fc1cccc(-c2cc3c(cn2)CN(Cc2cnc(-c4ccnc(C(F)(F)F)c4)c(F)c2)C=C3)c1. The van der Waals surface area contributed by atoms with Gasteiger partial charge in [-0.2, -0.15) is 13.2 Å². The van der Waals surface area contributed by atoms with Gasteiger partial charge in [0.25, 0.3) is 0 Å². The lowest BCUT2D eigenvalue weighted by Crippen LogP contribution is -2.20. The molecule has 0 spiro atoms. The van der Waals surface area contributed by atoms with Gasteiger partial charge in [-0.15, -0.1) is 0 Å². The highest BCUT2D eigenvalue weighted by Crippen LogP contribution is 2.31. The molecule has 3 aromatic heterocycles. The number of nitrogens with zero attached hydrogens (tertiary/aromatic N) is 4. The second-order valence-electron chi connectivity index (χ2n) is 8.10. The molecule has 4 nitrogen and oxygen atoms in total. The van der Waals surface area contributed by atoms with Gasteiger partial charge in [0.15, 0.2) is 0 Å². The Morgan fingerprint density at radius 1 is 0.886 bits per heavy atom. The van der Waals surface area contributed by atoms with Crippen LogP contribution in [-0.4, -0.2) is 19.9 Å². The maximum Gasteiger partial charge on any atom is 0.433 e. The minimum atomic E-state index is -4.63. The minimum absolute atomic E-state index is 0.00310. The predicted octanol–water partition coefficient (Wildman–Crippen LogP) is 6.49. The molecule has 0 aliphatic carbocycles. The van der Waals surface area contributed by atoms with Crippen molar-refractivity contribution in [2.75, 3.05) is 0 Å². The van der Waals surface area contributed by atoms with E-state index >= 15 is 0 Å². The molecule has 0 radical (unpaired) electrons. The van der Waals surface area contributed by atoms with Gasteiger partial charge >= 0.3 is 6.18 Å². The lowest BCUT2D eigenvalue weighted by atomic mass is 10.0. The van der Waals surface area contributed by atoms with Crippen molar-refractivity contribution in [2.24, 2.45) is 0 Å². The number of halogens is 5. The molecule has 0 N–H and O–H groups in total. The van der Waals surface area contributed by atoms with E-state index in [1.807, 2.05) is 23.2 Å². The van der Waals surface area contributed by atoms with Gasteiger partial charge < -0.3 is 4.90 Å². The normalized spacial score (nSPS) is 13.1. The van der Waals surface area contributed by atoms with Gasteiger partial charge in [-0.25, -0.2) is 8.78 Å². The molecule has 0 amide bonds. The summed E-state index contributed by atoms with van der Waals surface area (Å²) in [5.41, 5.74) is 2.54. The van der Waals surface area contributed by atoms with E-state index in [1.54, 1.807) is 18.3 Å². The average Bonchev–Trinajstić information content (AvgIpc) is 2.83. The predicted molar refractivity (Wildman–Crippen MR) is 120 cm³/mol. The highest BCUT2D eigenvalue weighted by atomic mass is 19.4. The van der Waals surface area contributed by atoms with Gasteiger partial charge in [0.1, 0.15) is 23.0 Å². The first-order chi connectivity index (χ1) is 16.8. The Kier molecular flexibility index (Phi) is 5.76. The molecule has 1 aliphatic rings. The number of hydrogen-bond acceptors (Lipinski definition) is 4. The van der Waals surface area contributed by atoms with E-state index in [1.165, 1.54) is 30.5 Å². The van der Waals surface area contributed by atoms with Gasteiger partial charge in [-0.05, 0) is 59.2 Å². The fourth-order valence-electron chi connectivity index (χ4n) is 3.90. The smallest absolute Gasteiger partial charge is 0.369 e. The third-order valence-corrected chi connectivity index (χ3v) is 5.59. The van der Waals surface area contributed by atoms with Crippen LogP contribution in [0.1, 0.15) is 22.4 Å². The number of fused-ring (bicyclic) bond motifs is 1. The van der Waals surface area contributed by atoms with E-state index in [2.05, 4.69) is 15.0 Å². The van der Waals surface area contributed by atoms with Crippen molar-refractivity contribution in [1.82, 2.24) is 19.9 Å². The van der Waals surface area contributed by atoms with E-state index in [0.29, 0.717) is 29.9 Å². The first-order valence-corrected chi connectivity index (χ1v) is 10.6. The average molecular weight is 480 g/mol. The van der Waals surface area contributed by atoms with E-state index in [0.717, 1.165) is 23.4 Å². The molecule has 5 rings (SSSR count). The Morgan fingerprint density at radius 3 is 2.51 bits per heavy atom. The van der Waals surface area contributed by atoms with Crippen molar-refractivity contribution >= 4 is 6.08 Å². The van der Waals surface area contributed by atoms with Crippen LogP contribution in [0.3, 0.4) is 0 Å². The van der Waals surface area contributed by atoms with E-state index < -0.39 is 17.7 Å². The second kappa shape index (κ2) is 8.90. The van der Waals surface area contributed by atoms with Gasteiger partial charge in [0, 0.05) is 49.0 Å². The van der Waals surface area contributed by atoms with Crippen molar-refractivity contribution in [3.8, 4) is 22.5 Å². The number of alkyl halides is 3. The summed E-state index contributed by atoms with van der Waals surface area (Å²) in [6.07, 6.45) is 3.29. The zero-order valence-corrected chi connectivity index (χ0v) is 18.1. The summed E-state index contributed by atoms with van der Waals surface area (Å²) >= 11 is 0. The third kappa shape index (κ3) is 4.89. The number of hydrogen-bond donors (Lipinski definition) is 0. The first kappa shape index (κ1) is 22.6. The van der Waals surface area contributed by atoms with Crippen LogP contribution in [0.2, 0.25) is 0 Å². The maximum absolute atomic E-state index is 14.8. The molecule has 0 unspecified atom stereocenters. The Bertz CT molecular complexity index is 1430. The fourth-order valence-corrected chi connectivity index (χ4v) is 3.90. The van der Waals surface area contributed by atoms with E-state index in [9.17, 15) is 22.0 Å². The van der Waals surface area contributed by atoms with Crippen LogP contribution >= 0.6 is 0 Å².